The third kappa shape index (κ3) is 4.21. The molecule has 2 rings (SSSR count). The molecule has 112 valence electrons. The van der Waals surface area contributed by atoms with Gasteiger partial charge in [0.05, 0.1) is 0 Å². The molecule has 0 radical (unpaired) electrons. The van der Waals surface area contributed by atoms with Gasteiger partial charge in [-0.25, -0.2) is 0 Å². The molecule has 2 atom stereocenters. The number of para-hydroxylation sites is 3. The lowest BCUT2D eigenvalue weighted by Crippen LogP contribution is -2.42. The van der Waals surface area contributed by atoms with Crippen LogP contribution in [0.4, 0.5) is 0 Å². The molecule has 4 nitrogen and oxygen atoms in total. The second kappa shape index (κ2) is 7.11. The summed E-state index contributed by atoms with van der Waals surface area (Å²) in [6.45, 7) is 1.70. The van der Waals surface area contributed by atoms with Crippen molar-refractivity contribution in [3.63, 3.8) is 0 Å². The smallest absolute Gasteiger partial charge is 0.178 e. The Labute approximate surface area is 125 Å². The zero-order valence-electron chi connectivity index (χ0n) is 12.6. The van der Waals surface area contributed by atoms with Crippen LogP contribution in [0.1, 0.15) is 6.92 Å². The Kier molecular flexibility index (Phi) is 5.20. The molecular formula is C17H21NO3. The van der Waals surface area contributed by atoms with E-state index in [0.29, 0.717) is 11.5 Å². The van der Waals surface area contributed by atoms with E-state index in [9.17, 15) is 5.11 Å². The molecule has 21 heavy (non-hydrogen) atoms. The van der Waals surface area contributed by atoms with Gasteiger partial charge in [0.15, 0.2) is 17.7 Å². The van der Waals surface area contributed by atoms with E-state index in [2.05, 4.69) is 0 Å². The monoisotopic (exact) mass is 287 g/mol. The summed E-state index contributed by atoms with van der Waals surface area (Å²) in [7, 11) is 3.72. The molecule has 0 heterocycles. The minimum Gasteiger partial charge on any atom is -0.468 e. The minimum absolute atomic E-state index is 0.439. The zero-order chi connectivity index (χ0) is 15.2. The van der Waals surface area contributed by atoms with Crippen molar-refractivity contribution < 1.29 is 14.6 Å². The summed E-state index contributed by atoms with van der Waals surface area (Å²) in [5, 5.41) is 9.82. The van der Waals surface area contributed by atoms with Gasteiger partial charge in [0.25, 0.3) is 0 Å². The van der Waals surface area contributed by atoms with Crippen LogP contribution < -0.4 is 9.47 Å². The fourth-order valence-corrected chi connectivity index (χ4v) is 2.01. The normalized spacial score (nSPS) is 13.8. The van der Waals surface area contributed by atoms with Crippen molar-refractivity contribution in [3.8, 4) is 17.2 Å². The lowest BCUT2D eigenvalue weighted by Gasteiger charge is -2.28. The van der Waals surface area contributed by atoms with E-state index in [-0.39, 0.29) is 0 Å². The Morgan fingerprint density at radius 2 is 1.48 bits per heavy atom. The summed E-state index contributed by atoms with van der Waals surface area (Å²) in [5.41, 5.74) is 0. The Balaban J connectivity index is 2.20. The van der Waals surface area contributed by atoms with Crippen LogP contribution >= 0.6 is 0 Å². The maximum absolute atomic E-state index is 9.82. The maximum Gasteiger partial charge on any atom is 0.178 e. The van der Waals surface area contributed by atoms with Gasteiger partial charge >= 0.3 is 0 Å². The van der Waals surface area contributed by atoms with E-state index in [1.165, 1.54) is 0 Å². The molecule has 2 unspecified atom stereocenters. The number of benzene rings is 2. The number of aliphatic hydroxyl groups excluding tert-OH is 1. The molecular weight excluding hydrogens is 266 g/mol. The lowest BCUT2D eigenvalue weighted by molar-refractivity contribution is -0.0357. The van der Waals surface area contributed by atoms with E-state index in [0.717, 1.165) is 5.75 Å². The van der Waals surface area contributed by atoms with Gasteiger partial charge in [-0.2, -0.15) is 0 Å². The van der Waals surface area contributed by atoms with Crippen LogP contribution in [0.2, 0.25) is 0 Å². The van der Waals surface area contributed by atoms with Crippen molar-refractivity contribution in [2.24, 2.45) is 0 Å². The Hall–Kier alpha value is -2.04. The van der Waals surface area contributed by atoms with Crippen LogP contribution in [0, 0.1) is 0 Å². The van der Waals surface area contributed by atoms with Crippen molar-refractivity contribution >= 4 is 0 Å². The van der Waals surface area contributed by atoms with Gasteiger partial charge in [-0.15, -0.1) is 0 Å². The third-order valence-corrected chi connectivity index (χ3v) is 2.99. The van der Waals surface area contributed by atoms with Crippen molar-refractivity contribution in [3.05, 3.63) is 54.6 Å². The Morgan fingerprint density at radius 1 is 0.905 bits per heavy atom. The standard InChI is InChI=1S/C17H21NO3/c1-13(19)17(18(2)3)21-16-12-8-7-11-15(16)20-14-9-5-4-6-10-14/h4-13,17,19H,1-3H3. The summed E-state index contributed by atoms with van der Waals surface area (Å²) < 4.78 is 11.7. The largest absolute Gasteiger partial charge is 0.468 e. The first-order valence-corrected chi connectivity index (χ1v) is 6.91. The number of nitrogens with zero attached hydrogens (tertiary/aromatic N) is 1. The number of hydrogen-bond acceptors (Lipinski definition) is 4. The van der Waals surface area contributed by atoms with Gasteiger partial charge in [0.2, 0.25) is 0 Å². The van der Waals surface area contributed by atoms with E-state index in [1.54, 1.807) is 6.92 Å². The van der Waals surface area contributed by atoms with Crippen LogP contribution in [0.15, 0.2) is 54.6 Å². The molecule has 0 aliphatic rings. The molecule has 2 aromatic carbocycles. The molecule has 0 bridgehead atoms. The molecule has 4 heteroatoms. The number of rotatable bonds is 6. The number of hydrogen-bond donors (Lipinski definition) is 1. The van der Waals surface area contributed by atoms with Gasteiger partial charge in [-0.1, -0.05) is 30.3 Å². The molecule has 0 aliphatic heterocycles. The molecule has 0 amide bonds. The first-order chi connectivity index (χ1) is 10.1. The van der Waals surface area contributed by atoms with E-state index in [4.69, 9.17) is 9.47 Å². The fraction of sp³-hybridized carbons (Fsp3) is 0.294. The average Bonchev–Trinajstić information content (AvgIpc) is 2.46. The molecule has 0 saturated carbocycles. The summed E-state index contributed by atoms with van der Waals surface area (Å²) in [4.78, 5) is 1.82. The quantitative estimate of drug-likeness (QED) is 0.829. The Morgan fingerprint density at radius 3 is 2.05 bits per heavy atom. The van der Waals surface area contributed by atoms with Gasteiger partial charge in [-0.05, 0) is 45.3 Å². The third-order valence-electron chi connectivity index (χ3n) is 2.99. The Bertz CT molecular complexity index is 547. The highest BCUT2D eigenvalue weighted by Gasteiger charge is 2.20. The first-order valence-electron chi connectivity index (χ1n) is 6.91. The highest BCUT2D eigenvalue weighted by Crippen LogP contribution is 2.32. The molecule has 0 saturated heterocycles. The highest BCUT2D eigenvalue weighted by molar-refractivity contribution is 5.42. The predicted octanol–water partition coefficient (Wildman–Crippen LogP) is 3.13. The van der Waals surface area contributed by atoms with Gasteiger partial charge in [0.1, 0.15) is 11.9 Å². The molecule has 0 spiro atoms. The van der Waals surface area contributed by atoms with Crippen LogP contribution in [-0.2, 0) is 0 Å². The summed E-state index contributed by atoms with van der Waals surface area (Å²) >= 11 is 0. The minimum atomic E-state index is -0.621. The second-order valence-corrected chi connectivity index (χ2v) is 5.07. The molecule has 1 N–H and O–H groups in total. The van der Waals surface area contributed by atoms with Crippen molar-refractivity contribution in [1.82, 2.24) is 4.90 Å². The van der Waals surface area contributed by atoms with Gasteiger partial charge < -0.3 is 14.6 Å². The second-order valence-electron chi connectivity index (χ2n) is 5.07. The molecule has 0 aromatic heterocycles. The molecule has 0 fully saturated rings. The van der Waals surface area contributed by atoms with Crippen molar-refractivity contribution in [2.45, 2.75) is 19.3 Å². The number of aliphatic hydroxyl groups is 1. The topological polar surface area (TPSA) is 41.9 Å². The molecule has 0 aliphatic carbocycles. The van der Waals surface area contributed by atoms with Crippen LogP contribution in [-0.4, -0.2) is 36.4 Å². The number of ether oxygens (including phenoxy) is 2. The van der Waals surface area contributed by atoms with Crippen LogP contribution in [0.5, 0.6) is 17.2 Å². The SMILES string of the molecule is CC(O)C(Oc1ccccc1Oc1ccccc1)N(C)C. The van der Waals surface area contributed by atoms with Crippen LogP contribution in [0.3, 0.4) is 0 Å². The van der Waals surface area contributed by atoms with Crippen molar-refractivity contribution in [1.29, 1.82) is 0 Å². The summed E-state index contributed by atoms with van der Waals surface area (Å²) in [6, 6.07) is 17.0. The fourth-order valence-electron chi connectivity index (χ4n) is 2.01. The number of likely N-dealkylation sites (N-methyl/N-ethyl adjacent to an activating group) is 1. The zero-order valence-corrected chi connectivity index (χ0v) is 12.6. The highest BCUT2D eigenvalue weighted by atomic mass is 16.5. The maximum atomic E-state index is 9.82. The first kappa shape index (κ1) is 15.4. The lowest BCUT2D eigenvalue weighted by atomic mass is 10.3. The van der Waals surface area contributed by atoms with E-state index >= 15 is 0 Å². The van der Waals surface area contributed by atoms with Gasteiger partial charge in [-0.3, -0.25) is 4.90 Å². The average molecular weight is 287 g/mol. The van der Waals surface area contributed by atoms with Crippen LogP contribution in [0.25, 0.3) is 0 Å². The van der Waals surface area contributed by atoms with E-state index in [1.807, 2.05) is 73.6 Å². The molecule has 2 aromatic rings. The van der Waals surface area contributed by atoms with E-state index < -0.39 is 12.3 Å². The predicted molar refractivity (Wildman–Crippen MR) is 82.7 cm³/mol. The summed E-state index contributed by atoms with van der Waals surface area (Å²) in [5.74, 6) is 1.96. The van der Waals surface area contributed by atoms with Gasteiger partial charge in [0, 0.05) is 0 Å². The summed E-state index contributed by atoms with van der Waals surface area (Å²) in [6.07, 6.45) is -1.06. The van der Waals surface area contributed by atoms with Crippen molar-refractivity contribution in [2.75, 3.05) is 14.1 Å².